The van der Waals surface area contributed by atoms with Crippen molar-refractivity contribution >= 4 is 0 Å². The molecule has 1 aromatic carbocycles. The van der Waals surface area contributed by atoms with Crippen LogP contribution in [0.2, 0.25) is 0 Å². The number of aliphatic hydroxyl groups is 1. The lowest BCUT2D eigenvalue weighted by atomic mass is 9.71. The maximum atomic E-state index is 14.2. The summed E-state index contributed by atoms with van der Waals surface area (Å²) in [6.45, 7) is 4.61. The number of benzene rings is 1. The first-order valence-corrected chi connectivity index (χ1v) is 12.1. The highest BCUT2D eigenvalue weighted by atomic mass is 19.2. The zero-order valence-corrected chi connectivity index (χ0v) is 19.0. The van der Waals surface area contributed by atoms with Gasteiger partial charge in [-0.3, -0.25) is 0 Å². The third-order valence-corrected chi connectivity index (χ3v) is 7.06. The van der Waals surface area contributed by atoms with Crippen LogP contribution in [0, 0.1) is 29.4 Å². The Morgan fingerprint density at radius 3 is 2.23 bits per heavy atom. The van der Waals surface area contributed by atoms with E-state index in [9.17, 15) is 13.9 Å². The average molecular weight is 437 g/mol. The molecule has 3 nitrogen and oxygen atoms in total. The lowest BCUT2D eigenvalue weighted by molar-refractivity contribution is 0.0492. The van der Waals surface area contributed by atoms with E-state index >= 15 is 0 Å². The molecule has 0 saturated heterocycles. The van der Waals surface area contributed by atoms with E-state index in [2.05, 4.69) is 19.1 Å². The van der Waals surface area contributed by atoms with Crippen molar-refractivity contribution in [2.45, 2.75) is 83.7 Å². The van der Waals surface area contributed by atoms with Crippen LogP contribution in [0.15, 0.2) is 24.3 Å². The van der Waals surface area contributed by atoms with Crippen LogP contribution < -0.4 is 9.47 Å². The molecule has 1 aromatic rings. The Balaban J connectivity index is 1.44. The number of ether oxygens (including phenoxy) is 2. The molecule has 2 atom stereocenters. The van der Waals surface area contributed by atoms with E-state index in [0.717, 1.165) is 51.4 Å². The summed E-state index contributed by atoms with van der Waals surface area (Å²) in [5.74, 6) is -0.520. The van der Waals surface area contributed by atoms with Gasteiger partial charge in [-0.1, -0.05) is 38.3 Å². The minimum absolute atomic E-state index is 0.0411. The van der Waals surface area contributed by atoms with E-state index < -0.39 is 17.2 Å². The fourth-order valence-electron chi connectivity index (χ4n) is 5.06. The Morgan fingerprint density at radius 2 is 1.65 bits per heavy atom. The summed E-state index contributed by atoms with van der Waals surface area (Å²) in [6, 6.07) is 2.87. The molecule has 0 amide bonds. The Bertz CT molecular complexity index is 728. The normalized spacial score (nSPS) is 28.5. The molecule has 3 rings (SSSR count). The molecule has 0 aliphatic heterocycles. The lowest BCUT2D eigenvalue weighted by Gasteiger charge is -2.37. The lowest BCUT2D eigenvalue weighted by Crippen LogP contribution is -2.33. The third kappa shape index (κ3) is 6.44. The van der Waals surface area contributed by atoms with Gasteiger partial charge in [0.1, 0.15) is 0 Å². The Morgan fingerprint density at radius 1 is 0.968 bits per heavy atom. The maximum absolute atomic E-state index is 14.2. The van der Waals surface area contributed by atoms with Crippen LogP contribution in [-0.2, 0) is 0 Å². The van der Waals surface area contributed by atoms with Gasteiger partial charge in [0.15, 0.2) is 11.5 Å². The van der Waals surface area contributed by atoms with Crippen molar-refractivity contribution in [3.63, 3.8) is 0 Å². The van der Waals surface area contributed by atoms with E-state index in [-0.39, 0.29) is 18.1 Å². The van der Waals surface area contributed by atoms with Crippen molar-refractivity contribution in [1.29, 1.82) is 0 Å². The van der Waals surface area contributed by atoms with Gasteiger partial charge < -0.3 is 14.6 Å². The van der Waals surface area contributed by atoms with Gasteiger partial charge in [0.2, 0.25) is 11.6 Å². The van der Waals surface area contributed by atoms with Crippen LogP contribution in [0.3, 0.4) is 0 Å². The molecule has 2 aliphatic carbocycles. The molecule has 0 bridgehead atoms. The van der Waals surface area contributed by atoms with Crippen LogP contribution in [0.1, 0.15) is 78.1 Å². The monoisotopic (exact) mass is 436 g/mol. The van der Waals surface area contributed by atoms with Gasteiger partial charge in [-0.15, -0.1) is 0 Å². The molecular formula is C26H38F2O3. The number of hydrogen-bond donors (Lipinski definition) is 1. The molecule has 0 aromatic heterocycles. The van der Waals surface area contributed by atoms with Crippen LogP contribution in [-0.4, -0.2) is 23.9 Å². The molecule has 2 aliphatic rings. The van der Waals surface area contributed by atoms with Crippen molar-refractivity contribution < 1.29 is 23.4 Å². The molecular weight excluding hydrogens is 398 g/mol. The minimum atomic E-state index is -0.984. The summed E-state index contributed by atoms with van der Waals surface area (Å²) in [7, 11) is 0. The summed E-state index contributed by atoms with van der Waals surface area (Å²) < 4.78 is 38.9. The number of allylic oxidation sites excluding steroid dienone is 1. The smallest absolute Gasteiger partial charge is 0.204 e. The van der Waals surface area contributed by atoms with Gasteiger partial charge in [-0.25, -0.2) is 0 Å². The van der Waals surface area contributed by atoms with Crippen LogP contribution in [0.25, 0.3) is 0 Å². The highest BCUT2D eigenvalue weighted by molar-refractivity contribution is 5.35. The van der Waals surface area contributed by atoms with Gasteiger partial charge >= 0.3 is 0 Å². The molecule has 1 saturated carbocycles. The molecule has 5 heteroatoms. The molecule has 0 spiro atoms. The molecule has 31 heavy (non-hydrogen) atoms. The second-order valence-corrected chi connectivity index (χ2v) is 9.34. The molecule has 0 heterocycles. The fourth-order valence-corrected chi connectivity index (χ4v) is 5.06. The third-order valence-electron chi connectivity index (χ3n) is 7.06. The van der Waals surface area contributed by atoms with Gasteiger partial charge in [-0.2, -0.15) is 8.78 Å². The van der Waals surface area contributed by atoms with Gasteiger partial charge in [-0.05, 0) is 81.8 Å². The zero-order chi connectivity index (χ0) is 22.3. The predicted molar refractivity (Wildman–Crippen MR) is 119 cm³/mol. The molecule has 1 fully saturated rings. The Hall–Kier alpha value is -1.62. The number of unbranched alkanes of at least 4 members (excludes halogenated alkanes) is 2. The summed E-state index contributed by atoms with van der Waals surface area (Å²) in [6.07, 6.45) is 14.9. The van der Waals surface area contributed by atoms with E-state index in [1.165, 1.54) is 25.0 Å². The molecule has 1 N–H and O–H groups in total. The van der Waals surface area contributed by atoms with Crippen LogP contribution >= 0.6 is 0 Å². The van der Waals surface area contributed by atoms with Crippen LogP contribution in [0.4, 0.5) is 8.78 Å². The van der Waals surface area contributed by atoms with Crippen molar-refractivity contribution in [2.24, 2.45) is 17.8 Å². The Labute approximate surface area is 185 Å². The highest BCUT2D eigenvalue weighted by Crippen LogP contribution is 2.40. The number of halogens is 2. The quantitative estimate of drug-likeness (QED) is 0.323. The summed E-state index contributed by atoms with van der Waals surface area (Å²) in [5.41, 5.74) is -0.603. The number of hydrogen-bond acceptors (Lipinski definition) is 3. The Kier molecular flexibility index (Phi) is 8.76. The van der Waals surface area contributed by atoms with Crippen molar-refractivity contribution in [3.8, 4) is 11.5 Å². The zero-order valence-electron chi connectivity index (χ0n) is 19.0. The van der Waals surface area contributed by atoms with Crippen molar-refractivity contribution in [2.75, 3.05) is 13.2 Å². The maximum Gasteiger partial charge on any atom is 0.204 e. The molecule has 174 valence electrons. The van der Waals surface area contributed by atoms with Gasteiger partial charge in [0.25, 0.3) is 0 Å². The fraction of sp³-hybridized carbons (Fsp3) is 0.692. The van der Waals surface area contributed by atoms with E-state index in [1.54, 1.807) is 6.92 Å². The molecule has 0 radical (unpaired) electrons. The van der Waals surface area contributed by atoms with Gasteiger partial charge in [0, 0.05) is 0 Å². The topological polar surface area (TPSA) is 38.7 Å². The summed E-state index contributed by atoms with van der Waals surface area (Å²) in [4.78, 5) is 0. The first kappa shape index (κ1) is 24.0. The summed E-state index contributed by atoms with van der Waals surface area (Å²) >= 11 is 0. The predicted octanol–water partition coefficient (Wildman–Crippen LogP) is 6.83. The average Bonchev–Trinajstić information content (AvgIpc) is 2.78. The molecule has 2 unspecified atom stereocenters. The van der Waals surface area contributed by atoms with E-state index in [4.69, 9.17) is 9.47 Å². The van der Waals surface area contributed by atoms with Crippen LogP contribution in [0.5, 0.6) is 11.5 Å². The van der Waals surface area contributed by atoms with Crippen molar-refractivity contribution in [3.05, 3.63) is 35.9 Å². The first-order chi connectivity index (χ1) is 15.0. The summed E-state index contributed by atoms with van der Waals surface area (Å²) in [5, 5.41) is 10.8. The van der Waals surface area contributed by atoms with Crippen molar-refractivity contribution in [1.82, 2.24) is 0 Å². The largest absolute Gasteiger partial charge is 0.491 e. The SMILES string of the molecule is CCCCCC1(O)C=CC(C2CCC(COc3ccc(OCC)c(F)c3F)CC2)CC1. The number of rotatable bonds is 10. The highest BCUT2D eigenvalue weighted by Gasteiger charge is 2.33. The van der Waals surface area contributed by atoms with Gasteiger partial charge in [0.05, 0.1) is 18.8 Å². The first-order valence-electron chi connectivity index (χ1n) is 12.1. The van der Waals surface area contributed by atoms with E-state index in [1.807, 2.05) is 0 Å². The second-order valence-electron chi connectivity index (χ2n) is 9.34. The second kappa shape index (κ2) is 11.3. The van der Waals surface area contributed by atoms with E-state index in [0.29, 0.717) is 24.4 Å². The standard InChI is InChI=1S/C26H38F2O3/c1-3-5-6-15-26(29)16-13-21(14-17-26)20-9-7-19(8-10-20)18-31-23-12-11-22(30-4-2)24(27)25(23)28/h11-13,16,19-21,29H,3-10,14-15,17-18H2,1-2H3. The minimum Gasteiger partial charge on any atom is -0.491 e.